The van der Waals surface area contributed by atoms with Crippen molar-refractivity contribution in [3.05, 3.63) is 63.1 Å². The number of methoxy groups -OCH3 is 2. The molecule has 0 saturated heterocycles. The first-order valence-corrected chi connectivity index (χ1v) is 7.41. The standard InChI is InChI=1S/C18H17NO5/c1-4-5-10-6-14(20)13(9-19-10)17-16-12(18(21)24-17)7-11(22-2)8-15(16)23-3/h4-9,17H,1-3H3,(H,19,20)/b5-4+/t17-/m0/s1. The van der Waals surface area contributed by atoms with Crippen LogP contribution in [-0.2, 0) is 4.74 Å². The molecule has 6 nitrogen and oxygen atoms in total. The third-order valence-electron chi connectivity index (χ3n) is 3.87. The normalized spacial score (nSPS) is 16.1. The zero-order valence-corrected chi connectivity index (χ0v) is 13.6. The van der Waals surface area contributed by atoms with Crippen LogP contribution in [0.1, 0.15) is 40.2 Å². The van der Waals surface area contributed by atoms with Crippen LogP contribution in [0.5, 0.6) is 11.5 Å². The molecule has 6 heteroatoms. The van der Waals surface area contributed by atoms with Gasteiger partial charge >= 0.3 is 5.97 Å². The van der Waals surface area contributed by atoms with Gasteiger partial charge in [0.15, 0.2) is 11.5 Å². The molecule has 1 aliphatic rings. The smallest absolute Gasteiger partial charge is 0.339 e. The van der Waals surface area contributed by atoms with Crippen molar-refractivity contribution in [3.8, 4) is 11.5 Å². The highest BCUT2D eigenvalue weighted by atomic mass is 16.6. The minimum atomic E-state index is -0.809. The Morgan fingerprint density at radius 1 is 1.17 bits per heavy atom. The van der Waals surface area contributed by atoms with Gasteiger partial charge in [-0.3, -0.25) is 4.79 Å². The number of allylic oxidation sites excluding steroid dienone is 1. The predicted molar refractivity (Wildman–Crippen MR) is 88.6 cm³/mol. The summed E-state index contributed by atoms with van der Waals surface area (Å²) in [4.78, 5) is 27.7. The molecule has 0 saturated carbocycles. The number of hydrogen-bond donors (Lipinski definition) is 1. The first kappa shape index (κ1) is 15.9. The van der Waals surface area contributed by atoms with Gasteiger partial charge in [-0.2, -0.15) is 0 Å². The molecule has 1 aromatic heterocycles. The van der Waals surface area contributed by atoms with Crippen LogP contribution in [0, 0.1) is 0 Å². The highest BCUT2D eigenvalue weighted by Gasteiger charge is 2.37. The number of rotatable bonds is 4. The number of esters is 1. The molecule has 0 radical (unpaired) electrons. The van der Waals surface area contributed by atoms with Gasteiger partial charge in [-0.15, -0.1) is 0 Å². The van der Waals surface area contributed by atoms with Crippen LogP contribution in [0.4, 0.5) is 0 Å². The van der Waals surface area contributed by atoms with E-state index < -0.39 is 12.1 Å². The molecule has 2 aromatic rings. The number of ether oxygens (including phenoxy) is 3. The van der Waals surface area contributed by atoms with Gasteiger partial charge in [-0.25, -0.2) is 4.79 Å². The molecule has 0 fully saturated rings. The summed E-state index contributed by atoms with van der Waals surface area (Å²) in [5.41, 5.74) is 1.68. The van der Waals surface area contributed by atoms with E-state index in [-0.39, 0.29) is 5.43 Å². The van der Waals surface area contributed by atoms with E-state index in [0.29, 0.717) is 33.9 Å². The molecule has 0 amide bonds. The number of nitrogens with one attached hydrogen (secondary N) is 1. The van der Waals surface area contributed by atoms with Crippen molar-refractivity contribution in [2.24, 2.45) is 0 Å². The lowest BCUT2D eigenvalue weighted by atomic mass is 9.98. The average Bonchev–Trinajstić information content (AvgIpc) is 2.91. The van der Waals surface area contributed by atoms with Gasteiger partial charge in [-0.05, 0) is 19.1 Å². The number of benzene rings is 1. The number of fused-ring (bicyclic) bond motifs is 1. The second kappa shape index (κ2) is 6.23. The Morgan fingerprint density at radius 3 is 2.58 bits per heavy atom. The van der Waals surface area contributed by atoms with Crippen molar-refractivity contribution in [2.75, 3.05) is 14.2 Å². The molecule has 1 aromatic carbocycles. The van der Waals surface area contributed by atoms with Crippen molar-refractivity contribution >= 4 is 12.0 Å². The largest absolute Gasteiger partial charge is 0.497 e. The zero-order valence-electron chi connectivity index (χ0n) is 13.6. The second-order valence-corrected chi connectivity index (χ2v) is 5.28. The molecule has 24 heavy (non-hydrogen) atoms. The topological polar surface area (TPSA) is 77.6 Å². The Morgan fingerprint density at radius 2 is 1.96 bits per heavy atom. The van der Waals surface area contributed by atoms with Crippen molar-refractivity contribution in [2.45, 2.75) is 13.0 Å². The predicted octanol–water partition coefficient (Wildman–Crippen LogP) is 2.69. The molecule has 0 spiro atoms. The van der Waals surface area contributed by atoms with E-state index in [4.69, 9.17) is 14.2 Å². The van der Waals surface area contributed by atoms with Gasteiger partial charge < -0.3 is 19.2 Å². The van der Waals surface area contributed by atoms with Crippen LogP contribution in [0.25, 0.3) is 6.08 Å². The van der Waals surface area contributed by atoms with Gasteiger partial charge in [-0.1, -0.05) is 6.08 Å². The van der Waals surface area contributed by atoms with E-state index in [9.17, 15) is 9.59 Å². The molecular weight excluding hydrogens is 310 g/mol. The minimum absolute atomic E-state index is 0.217. The number of H-pyrrole nitrogens is 1. The average molecular weight is 327 g/mol. The van der Waals surface area contributed by atoms with E-state index in [1.165, 1.54) is 20.3 Å². The summed E-state index contributed by atoms with van der Waals surface area (Å²) in [5.74, 6) is 0.418. The number of cyclic esters (lactones) is 1. The van der Waals surface area contributed by atoms with Crippen molar-refractivity contribution < 1.29 is 19.0 Å². The maximum atomic E-state index is 12.4. The minimum Gasteiger partial charge on any atom is -0.497 e. The summed E-state index contributed by atoms with van der Waals surface area (Å²) in [6.45, 7) is 1.86. The number of aromatic nitrogens is 1. The Balaban J connectivity index is 2.14. The van der Waals surface area contributed by atoms with Crippen LogP contribution in [0.2, 0.25) is 0 Å². The third kappa shape index (κ3) is 2.56. The fraction of sp³-hybridized carbons (Fsp3) is 0.222. The van der Waals surface area contributed by atoms with Gasteiger partial charge in [0.25, 0.3) is 0 Å². The van der Waals surface area contributed by atoms with Crippen LogP contribution in [0.15, 0.2) is 35.3 Å². The zero-order chi connectivity index (χ0) is 17.3. The summed E-state index contributed by atoms with van der Waals surface area (Å²) < 4.78 is 16.0. The first-order valence-electron chi connectivity index (χ1n) is 7.41. The van der Waals surface area contributed by atoms with Gasteiger partial charge in [0.05, 0.1) is 30.9 Å². The molecule has 2 heterocycles. The highest BCUT2D eigenvalue weighted by Crippen LogP contribution is 2.42. The lowest BCUT2D eigenvalue weighted by molar-refractivity contribution is 0.0452. The third-order valence-corrected chi connectivity index (χ3v) is 3.87. The maximum Gasteiger partial charge on any atom is 0.339 e. The summed E-state index contributed by atoms with van der Waals surface area (Å²) >= 11 is 0. The van der Waals surface area contributed by atoms with E-state index in [1.54, 1.807) is 24.4 Å². The molecular formula is C18H17NO5. The summed E-state index contributed by atoms with van der Waals surface area (Å²) in [5, 5.41) is 0. The molecule has 1 aliphatic heterocycles. The van der Waals surface area contributed by atoms with E-state index in [0.717, 1.165) is 0 Å². The Bertz CT molecular complexity index is 881. The molecule has 3 rings (SSSR count). The van der Waals surface area contributed by atoms with Crippen LogP contribution < -0.4 is 14.9 Å². The first-order chi connectivity index (χ1) is 11.6. The molecule has 1 N–H and O–H groups in total. The van der Waals surface area contributed by atoms with E-state index in [1.807, 2.05) is 13.0 Å². The van der Waals surface area contributed by atoms with Gasteiger partial charge in [0, 0.05) is 24.0 Å². The van der Waals surface area contributed by atoms with E-state index >= 15 is 0 Å². The molecule has 0 bridgehead atoms. The summed E-state index contributed by atoms with van der Waals surface area (Å²) in [6.07, 6.45) is 4.36. The SMILES string of the molecule is C/C=C/c1cc(=O)c([C@@H]2OC(=O)c3cc(OC)cc(OC)c32)c[nH]1. The Labute approximate surface area is 138 Å². The van der Waals surface area contributed by atoms with Crippen LogP contribution in [0.3, 0.4) is 0 Å². The number of aromatic amines is 1. The lowest BCUT2D eigenvalue weighted by Gasteiger charge is -2.14. The molecule has 0 unspecified atom stereocenters. The number of carbonyl (C=O) groups excluding carboxylic acids is 1. The summed E-state index contributed by atoms with van der Waals surface area (Å²) in [7, 11) is 3.00. The molecule has 124 valence electrons. The number of hydrogen-bond acceptors (Lipinski definition) is 5. The number of pyridine rings is 1. The van der Waals surface area contributed by atoms with Crippen molar-refractivity contribution in [1.29, 1.82) is 0 Å². The van der Waals surface area contributed by atoms with Gasteiger partial charge in [0.1, 0.15) is 11.5 Å². The lowest BCUT2D eigenvalue weighted by Crippen LogP contribution is -2.15. The Kier molecular flexibility index (Phi) is 4.12. The highest BCUT2D eigenvalue weighted by molar-refractivity contribution is 5.96. The fourth-order valence-electron chi connectivity index (χ4n) is 2.75. The maximum absolute atomic E-state index is 12.4. The van der Waals surface area contributed by atoms with Crippen LogP contribution in [-0.4, -0.2) is 25.2 Å². The number of carbonyl (C=O) groups is 1. The quantitative estimate of drug-likeness (QED) is 0.874. The van der Waals surface area contributed by atoms with Gasteiger partial charge in [0.2, 0.25) is 0 Å². The Hall–Kier alpha value is -3.02. The molecule has 0 aliphatic carbocycles. The second-order valence-electron chi connectivity index (χ2n) is 5.28. The van der Waals surface area contributed by atoms with Crippen molar-refractivity contribution in [1.82, 2.24) is 4.98 Å². The fourth-order valence-corrected chi connectivity index (χ4v) is 2.75. The molecule has 1 atom stereocenters. The van der Waals surface area contributed by atoms with Crippen molar-refractivity contribution in [3.63, 3.8) is 0 Å². The van der Waals surface area contributed by atoms with E-state index in [2.05, 4.69) is 4.98 Å². The monoisotopic (exact) mass is 327 g/mol. The summed E-state index contributed by atoms with van der Waals surface area (Å²) in [6, 6.07) is 4.72. The van der Waals surface area contributed by atoms with Crippen LogP contribution >= 0.6 is 0 Å².